The Morgan fingerprint density at radius 1 is 0.821 bits per heavy atom. The van der Waals surface area contributed by atoms with Crippen molar-refractivity contribution in [2.45, 2.75) is 15.0 Å². The van der Waals surface area contributed by atoms with Crippen molar-refractivity contribution >= 4 is 52.5 Å². The number of aliphatic hydroxyl groups is 2. The zero-order valence-electron chi connectivity index (χ0n) is 21.0. The Bertz CT molecular complexity index is 1260. The van der Waals surface area contributed by atoms with Gasteiger partial charge in [-0.05, 0) is 60.7 Å². The second-order valence-corrected chi connectivity index (χ2v) is 11.3. The average Bonchev–Trinajstić information content (AvgIpc) is 2.96. The largest absolute Gasteiger partial charge is 0.497 e. The predicted molar refractivity (Wildman–Crippen MR) is 149 cm³/mol. The highest BCUT2D eigenvalue weighted by Crippen LogP contribution is 2.48. The number of aliphatic hydroxyl groups excluding tert-OH is 2. The minimum Gasteiger partial charge on any atom is -0.497 e. The van der Waals surface area contributed by atoms with Crippen molar-refractivity contribution in [2.24, 2.45) is 0 Å². The first kappa shape index (κ1) is 28.3. The third-order valence-corrected chi connectivity index (χ3v) is 8.48. The smallest absolute Gasteiger partial charge is 0.263 e. The number of anilines is 2. The maximum Gasteiger partial charge on any atom is 0.263 e. The lowest BCUT2D eigenvalue weighted by Gasteiger charge is -2.37. The number of Topliss-reactive ketones (excluding diaryl/α,β-unsaturated/α-hetero) is 1. The summed E-state index contributed by atoms with van der Waals surface area (Å²) in [4.78, 5) is 39.3. The minimum atomic E-state index is -1.74. The van der Waals surface area contributed by atoms with Gasteiger partial charge in [0.15, 0.2) is 20.7 Å². The Hall–Kier alpha value is -3.71. The number of rotatable bonds is 10. The zero-order valence-corrected chi connectivity index (χ0v) is 22.6. The highest BCUT2D eigenvalue weighted by Gasteiger charge is 2.50. The lowest BCUT2D eigenvalue weighted by molar-refractivity contribution is -0.120. The Balaban J connectivity index is 1.53. The van der Waals surface area contributed by atoms with Crippen molar-refractivity contribution in [3.8, 4) is 17.2 Å². The van der Waals surface area contributed by atoms with E-state index in [9.17, 15) is 24.6 Å². The van der Waals surface area contributed by atoms with Crippen molar-refractivity contribution in [2.75, 3.05) is 31.5 Å². The van der Waals surface area contributed by atoms with Gasteiger partial charge < -0.3 is 35.1 Å². The molecule has 3 aromatic carbocycles. The molecule has 0 aliphatic carbocycles. The molecule has 12 heteroatoms. The summed E-state index contributed by atoms with van der Waals surface area (Å²) in [6, 6.07) is 19.4. The normalized spacial score (nSPS) is 17.7. The molecule has 10 nitrogen and oxygen atoms in total. The van der Waals surface area contributed by atoms with Gasteiger partial charge in [0.05, 0.1) is 19.8 Å². The first-order valence-corrected chi connectivity index (χ1v) is 13.4. The maximum atomic E-state index is 13.7. The van der Waals surface area contributed by atoms with E-state index in [1.54, 1.807) is 72.8 Å². The number of hydrogen-bond donors (Lipinski definition) is 4. The van der Waals surface area contributed by atoms with Crippen LogP contribution in [0.25, 0.3) is 0 Å². The summed E-state index contributed by atoms with van der Waals surface area (Å²) in [5, 5.41) is 26.8. The van der Waals surface area contributed by atoms with Gasteiger partial charge in [0, 0.05) is 11.4 Å². The molecule has 2 amide bonds. The molecule has 0 aromatic heterocycles. The fourth-order valence-corrected chi connectivity index (χ4v) is 6.16. The monoisotopic (exact) mass is 570 g/mol. The number of thioether (sulfide) groups is 2. The summed E-state index contributed by atoms with van der Waals surface area (Å²) in [6.45, 7) is -0.308. The molecule has 0 radical (unpaired) electrons. The summed E-state index contributed by atoms with van der Waals surface area (Å²) in [5.74, 6) is -0.601. The number of ketones is 1. The molecule has 4 rings (SSSR count). The summed E-state index contributed by atoms with van der Waals surface area (Å²) in [6.07, 6.45) is 0. The molecule has 1 heterocycles. The third-order valence-electron chi connectivity index (χ3n) is 5.66. The number of nitrogens with one attached hydrogen (secondary N) is 2. The number of benzene rings is 3. The molecule has 204 valence electrons. The van der Waals surface area contributed by atoms with Crippen LogP contribution in [-0.4, -0.2) is 63.6 Å². The molecule has 0 saturated carbocycles. The Kier molecular flexibility index (Phi) is 9.02. The fourth-order valence-electron chi connectivity index (χ4n) is 3.65. The van der Waals surface area contributed by atoms with Crippen molar-refractivity contribution < 1.29 is 38.8 Å². The summed E-state index contributed by atoms with van der Waals surface area (Å²) >= 11 is 1.16. The van der Waals surface area contributed by atoms with Gasteiger partial charge in [-0.15, -0.1) is 0 Å². The summed E-state index contributed by atoms with van der Waals surface area (Å²) in [5.41, 5.74) is -2.48. The number of hydrogen-bond acceptors (Lipinski definition) is 10. The molecule has 4 N–H and O–H groups in total. The van der Waals surface area contributed by atoms with Gasteiger partial charge >= 0.3 is 0 Å². The van der Waals surface area contributed by atoms with Gasteiger partial charge in [-0.1, -0.05) is 35.7 Å². The summed E-state index contributed by atoms with van der Waals surface area (Å²) < 4.78 is 14.3. The van der Waals surface area contributed by atoms with E-state index in [0.717, 1.165) is 0 Å². The van der Waals surface area contributed by atoms with Gasteiger partial charge in [0.25, 0.3) is 11.8 Å². The van der Waals surface area contributed by atoms with Crippen molar-refractivity contribution in [3.05, 3.63) is 78.4 Å². The van der Waals surface area contributed by atoms with E-state index >= 15 is 0 Å². The van der Waals surface area contributed by atoms with E-state index in [4.69, 9.17) is 14.2 Å². The first-order chi connectivity index (χ1) is 18.7. The van der Waals surface area contributed by atoms with Crippen LogP contribution in [0.1, 0.15) is 10.4 Å². The summed E-state index contributed by atoms with van der Waals surface area (Å²) in [7, 11) is 3.02. The number of methoxy groups -OCH3 is 2. The van der Waals surface area contributed by atoms with E-state index in [2.05, 4.69) is 10.6 Å². The van der Waals surface area contributed by atoms with Gasteiger partial charge in [0.1, 0.15) is 23.9 Å². The number of fused-ring (bicyclic) bond motifs is 1. The quantitative estimate of drug-likeness (QED) is 0.268. The predicted octanol–water partition coefficient (Wildman–Crippen LogP) is 3.36. The van der Waals surface area contributed by atoms with Gasteiger partial charge in [-0.2, -0.15) is 0 Å². The van der Waals surface area contributed by atoms with E-state index in [1.165, 1.54) is 14.2 Å². The van der Waals surface area contributed by atoms with Crippen molar-refractivity contribution in [1.82, 2.24) is 0 Å². The van der Waals surface area contributed by atoms with Crippen LogP contribution in [0.2, 0.25) is 0 Å². The van der Waals surface area contributed by atoms with Crippen molar-refractivity contribution in [3.63, 3.8) is 0 Å². The fraction of sp³-hybridized carbons (Fsp3) is 0.222. The molecular weight excluding hydrogens is 544 g/mol. The van der Waals surface area contributed by atoms with E-state index < -0.39 is 32.5 Å². The van der Waals surface area contributed by atoms with Crippen LogP contribution < -0.4 is 24.8 Å². The first-order valence-electron chi connectivity index (χ1n) is 11.6. The number of amides is 2. The lowest BCUT2D eigenvalue weighted by atomic mass is 10.0. The Labute approximate surface area is 233 Å². The maximum absolute atomic E-state index is 13.7. The van der Waals surface area contributed by atoms with Crippen LogP contribution in [0.15, 0.2) is 72.8 Å². The molecule has 1 aliphatic heterocycles. The van der Waals surface area contributed by atoms with Gasteiger partial charge in [0.2, 0.25) is 0 Å². The Morgan fingerprint density at radius 3 is 1.74 bits per heavy atom. The number of carbonyl (C=O) groups excluding carboxylic acids is 3. The number of ether oxygens (including phenoxy) is 3. The molecule has 0 spiro atoms. The average molecular weight is 571 g/mol. The molecular formula is C27H26N2O8S2. The van der Waals surface area contributed by atoms with Crippen LogP contribution >= 0.6 is 23.5 Å². The molecule has 1 aliphatic rings. The SMILES string of the molecule is COc1ccc(NC(=O)C(O)SC2(SC(O)C(=O)Nc3ccc(OC)cc3)COc3ccccc3C2=O)cc1. The van der Waals surface area contributed by atoms with Gasteiger partial charge in [-0.25, -0.2) is 0 Å². The molecule has 3 aromatic rings. The second-order valence-electron chi connectivity index (χ2n) is 8.24. The zero-order chi connectivity index (χ0) is 28.0. The highest BCUT2D eigenvalue weighted by atomic mass is 32.2. The van der Waals surface area contributed by atoms with Crippen LogP contribution in [0.5, 0.6) is 17.2 Å². The van der Waals surface area contributed by atoms with Gasteiger partial charge in [-0.3, -0.25) is 14.4 Å². The third kappa shape index (κ3) is 6.66. The lowest BCUT2D eigenvalue weighted by Crippen LogP contribution is -2.47. The molecule has 0 fully saturated rings. The number of carbonyl (C=O) groups is 3. The number of para-hydroxylation sites is 1. The van der Waals surface area contributed by atoms with Crippen LogP contribution in [0.3, 0.4) is 0 Å². The topological polar surface area (TPSA) is 143 Å². The second kappa shape index (κ2) is 12.4. The van der Waals surface area contributed by atoms with Crippen LogP contribution in [0, 0.1) is 0 Å². The van der Waals surface area contributed by atoms with E-state index in [0.29, 0.717) is 52.1 Å². The highest BCUT2D eigenvalue weighted by molar-refractivity contribution is 8.20. The molecule has 0 bridgehead atoms. The van der Waals surface area contributed by atoms with E-state index in [1.807, 2.05) is 0 Å². The minimum absolute atomic E-state index is 0.203. The Morgan fingerprint density at radius 2 is 1.28 bits per heavy atom. The van der Waals surface area contributed by atoms with Crippen molar-refractivity contribution in [1.29, 1.82) is 0 Å². The van der Waals surface area contributed by atoms with Crippen LogP contribution in [0.4, 0.5) is 11.4 Å². The molecule has 2 atom stereocenters. The molecule has 39 heavy (non-hydrogen) atoms. The van der Waals surface area contributed by atoms with E-state index in [-0.39, 0.29) is 12.2 Å². The molecule has 0 saturated heterocycles. The standard InChI is InChI=1S/C27H26N2O8S2/c1-35-18-11-7-16(8-12-18)28-23(31)25(33)38-27(15-37-21-6-4-3-5-20(21)22(27)30)39-26(34)24(32)29-17-9-13-19(36-2)14-10-17/h3-14,25-26,33-34H,15H2,1-2H3,(H,28,31)(H,29,32). The van der Waals surface area contributed by atoms with Crippen LogP contribution in [-0.2, 0) is 9.59 Å². The molecule has 2 unspecified atom stereocenters.